The monoisotopic (exact) mass is 328 g/mol. The van der Waals surface area contributed by atoms with Crippen LogP contribution in [-0.2, 0) is 22.4 Å². The van der Waals surface area contributed by atoms with Crippen molar-refractivity contribution in [2.75, 3.05) is 18.1 Å². The van der Waals surface area contributed by atoms with E-state index in [1.54, 1.807) is 30.9 Å². The molecule has 1 aliphatic heterocycles. The number of benzene rings is 1. The van der Waals surface area contributed by atoms with E-state index in [9.17, 15) is 9.59 Å². The van der Waals surface area contributed by atoms with E-state index in [0.29, 0.717) is 30.2 Å². The van der Waals surface area contributed by atoms with Gasteiger partial charge in [-0.1, -0.05) is 5.16 Å². The number of nitrogens with zero attached hydrogens (tertiary/aromatic N) is 2. The molecule has 0 radical (unpaired) electrons. The van der Waals surface area contributed by atoms with Gasteiger partial charge in [-0.2, -0.15) is 0 Å². The van der Waals surface area contributed by atoms with Crippen molar-refractivity contribution < 1.29 is 18.8 Å². The fourth-order valence-corrected chi connectivity index (χ4v) is 2.95. The van der Waals surface area contributed by atoms with Crippen LogP contribution in [0.15, 0.2) is 28.8 Å². The Morgan fingerprint density at radius 1 is 1.33 bits per heavy atom. The first-order valence-corrected chi connectivity index (χ1v) is 8.11. The molecule has 1 aliphatic rings. The molecule has 0 aliphatic carbocycles. The van der Waals surface area contributed by atoms with E-state index < -0.39 is 0 Å². The molecule has 2 aromatic rings. The van der Waals surface area contributed by atoms with Gasteiger partial charge in [-0.05, 0) is 50.5 Å². The van der Waals surface area contributed by atoms with Crippen LogP contribution in [0.5, 0.6) is 0 Å². The van der Waals surface area contributed by atoms with Crippen molar-refractivity contribution in [3.63, 3.8) is 0 Å². The van der Waals surface area contributed by atoms with Crippen LogP contribution in [0.25, 0.3) is 0 Å². The van der Waals surface area contributed by atoms with E-state index in [0.717, 1.165) is 24.1 Å². The summed E-state index contributed by atoms with van der Waals surface area (Å²) in [6.07, 6.45) is 1.91. The number of aryl methyl sites for hydroxylation is 2. The highest BCUT2D eigenvalue weighted by molar-refractivity contribution is 5.97. The Kier molecular flexibility index (Phi) is 4.64. The van der Waals surface area contributed by atoms with Crippen LogP contribution in [0.3, 0.4) is 0 Å². The molecule has 0 fully saturated rings. The van der Waals surface area contributed by atoms with Crippen molar-refractivity contribution in [3.8, 4) is 0 Å². The van der Waals surface area contributed by atoms with Crippen molar-refractivity contribution in [2.45, 2.75) is 33.1 Å². The van der Waals surface area contributed by atoms with E-state index in [-0.39, 0.29) is 18.3 Å². The summed E-state index contributed by atoms with van der Waals surface area (Å²) in [5.41, 5.74) is 3.01. The lowest BCUT2D eigenvalue weighted by molar-refractivity contribution is -0.118. The minimum absolute atomic E-state index is 0.0202. The second-order valence-corrected chi connectivity index (χ2v) is 5.82. The number of esters is 1. The maximum atomic E-state index is 12.6. The quantitative estimate of drug-likeness (QED) is 0.807. The number of aromatic nitrogens is 1. The fourth-order valence-electron chi connectivity index (χ4n) is 2.95. The average Bonchev–Trinajstić information content (AvgIpc) is 2.98. The minimum atomic E-state index is -0.332. The molecule has 1 amide bonds. The summed E-state index contributed by atoms with van der Waals surface area (Å²) in [6.45, 7) is 4.59. The molecule has 0 bridgehead atoms. The van der Waals surface area contributed by atoms with Gasteiger partial charge in [0.1, 0.15) is 5.76 Å². The summed E-state index contributed by atoms with van der Waals surface area (Å²) in [5, 5.41) is 3.88. The SMILES string of the molecule is CCOC(=O)c1ccc2c(c1)CCCN2C(=O)Cc1cc(C)on1. The number of anilines is 1. The Morgan fingerprint density at radius 2 is 2.17 bits per heavy atom. The molecule has 6 nitrogen and oxygen atoms in total. The largest absolute Gasteiger partial charge is 0.462 e. The van der Waals surface area contributed by atoms with Gasteiger partial charge in [-0.3, -0.25) is 4.79 Å². The molecular formula is C18H20N2O4. The first-order valence-electron chi connectivity index (χ1n) is 8.11. The van der Waals surface area contributed by atoms with Crippen LogP contribution in [-0.4, -0.2) is 30.2 Å². The number of ether oxygens (including phenoxy) is 1. The van der Waals surface area contributed by atoms with Crippen LogP contribution in [0.4, 0.5) is 5.69 Å². The smallest absolute Gasteiger partial charge is 0.338 e. The summed E-state index contributed by atoms with van der Waals surface area (Å²) in [4.78, 5) is 26.2. The van der Waals surface area contributed by atoms with Crippen LogP contribution in [0.2, 0.25) is 0 Å². The van der Waals surface area contributed by atoms with Gasteiger partial charge in [0.05, 0.1) is 24.3 Å². The maximum Gasteiger partial charge on any atom is 0.338 e. The Labute approximate surface area is 140 Å². The van der Waals surface area contributed by atoms with Crippen molar-refractivity contribution in [2.24, 2.45) is 0 Å². The minimum Gasteiger partial charge on any atom is -0.462 e. The van der Waals surface area contributed by atoms with Gasteiger partial charge < -0.3 is 14.2 Å². The Bertz CT molecular complexity index is 766. The Balaban J connectivity index is 1.80. The number of carbonyl (C=O) groups is 2. The predicted octanol–water partition coefficient (Wildman–Crippen LogP) is 2.68. The molecule has 0 spiro atoms. The molecule has 0 unspecified atom stereocenters. The van der Waals surface area contributed by atoms with Gasteiger partial charge in [0.15, 0.2) is 0 Å². The first kappa shape index (κ1) is 16.2. The third-order valence-electron chi connectivity index (χ3n) is 4.02. The molecule has 24 heavy (non-hydrogen) atoms. The standard InChI is InChI=1S/C18H20N2O4/c1-3-23-18(22)14-6-7-16-13(10-14)5-4-8-20(16)17(21)11-15-9-12(2)24-19-15/h6-7,9-10H,3-5,8,11H2,1-2H3. The highest BCUT2D eigenvalue weighted by Crippen LogP contribution is 2.29. The van der Waals surface area contributed by atoms with Crippen LogP contribution in [0.1, 0.15) is 40.7 Å². The summed E-state index contributed by atoms with van der Waals surface area (Å²) in [7, 11) is 0. The van der Waals surface area contributed by atoms with Crippen molar-refractivity contribution in [1.29, 1.82) is 0 Å². The number of amides is 1. The highest BCUT2D eigenvalue weighted by Gasteiger charge is 2.24. The molecule has 0 saturated heterocycles. The third-order valence-corrected chi connectivity index (χ3v) is 4.02. The molecule has 0 N–H and O–H groups in total. The van der Waals surface area contributed by atoms with Gasteiger partial charge in [0.2, 0.25) is 5.91 Å². The number of rotatable bonds is 4. The van der Waals surface area contributed by atoms with Crippen molar-refractivity contribution >= 4 is 17.6 Å². The zero-order valence-corrected chi connectivity index (χ0v) is 13.9. The van der Waals surface area contributed by atoms with E-state index in [1.165, 1.54) is 0 Å². The lowest BCUT2D eigenvalue weighted by atomic mass is 9.98. The van der Waals surface area contributed by atoms with Gasteiger partial charge in [-0.15, -0.1) is 0 Å². The van der Waals surface area contributed by atoms with E-state index >= 15 is 0 Å². The number of fused-ring (bicyclic) bond motifs is 1. The molecule has 126 valence electrons. The Morgan fingerprint density at radius 3 is 2.88 bits per heavy atom. The predicted molar refractivity (Wildman–Crippen MR) is 88.0 cm³/mol. The summed E-state index contributed by atoms with van der Waals surface area (Å²) in [5.74, 6) is 0.339. The van der Waals surface area contributed by atoms with E-state index in [4.69, 9.17) is 9.26 Å². The van der Waals surface area contributed by atoms with Crippen LogP contribution >= 0.6 is 0 Å². The summed E-state index contributed by atoms with van der Waals surface area (Å²) < 4.78 is 10.1. The lowest BCUT2D eigenvalue weighted by Gasteiger charge is -2.29. The number of hydrogen-bond acceptors (Lipinski definition) is 5. The summed E-state index contributed by atoms with van der Waals surface area (Å²) >= 11 is 0. The zero-order chi connectivity index (χ0) is 17.1. The summed E-state index contributed by atoms with van der Waals surface area (Å²) in [6, 6.07) is 7.13. The maximum absolute atomic E-state index is 12.6. The number of carbonyl (C=O) groups excluding carboxylic acids is 2. The molecule has 3 rings (SSSR count). The topological polar surface area (TPSA) is 72.6 Å². The zero-order valence-electron chi connectivity index (χ0n) is 13.9. The van der Waals surface area contributed by atoms with Gasteiger partial charge >= 0.3 is 5.97 Å². The molecule has 2 heterocycles. The lowest BCUT2D eigenvalue weighted by Crippen LogP contribution is -2.36. The van der Waals surface area contributed by atoms with Gasteiger partial charge in [0, 0.05) is 18.3 Å². The number of hydrogen-bond donors (Lipinski definition) is 0. The fraction of sp³-hybridized carbons (Fsp3) is 0.389. The molecule has 1 aromatic heterocycles. The normalized spacial score (nSPS) is 13.5. The first-order chi connectivity index (χ1) is 11.6. The van der Waals surface area contributed by atoms with Crippen molar-refractivity contribution in [1.82, 2.24) is 5.16 Å². The second kappa shape index (κ2) is 6.86. The van der Waals surface area contributed by atoms with Gasteiger partial charge in [-0.25, -0.2) is 4.79 Å². The van der Waals surface area contributed by atoms with Crippen LogP contribution < -0.4 is 4.90 Å². The van der Waals surface area contributed by atoms with Crippen molar-refractivity contribution in [3.05, 3.63) is 46.8 Å². The molecule has 0 atom stereocenters. The van der Waals surface area contributed by atoms with E-state index in [2.05, 4.69) is 5.16 Å². The van der Waals surface area contributed by atoms with E-state index in [1.807, 2.05) is 12.1 Å². The Hall–Kier alpha value is -2.63. The molecule has 1 aromatic carbocycles. The van der Waals surface area contributed by atoms with Gasteiger partial charge in [0.25, 0.3) is 0 Å². The molecular weight excluding hydrogens is 308 g/mol. The second-order valence-electron chi connectivity index (χ2n) is 5.82. The van der Waals surface area contributed by atoms with Crippen LogP contribution in [0, 0.1) is 6.92 Å². The highest BCUT2D eigenvalue weighted by atomic mass is 16.5. The molecule has 0 saturated carbocycles. The molecule has 6 heteroatoms. The third kappa shape index (κ3) is 3.32. The average molecular weight is 328 g/mol.